The molecule has 0 spiro atoms. The standard InChI is InChI=1S/C40H65N6O7.W/c1-14-27(6)34(42-35(48)30(41-11)22-25(3)4)39(52)44(13)28(7)36(49)46-21-20-31(46)38(51)45(15-2)32(23-29-18-16-26(5)17-19-29)37(50)43(12)24-33(47)53-40(8,9)10;/h16-19,25,27-28,30-32,41H,14-15,20-24H2,1-13H3,(H,42,48);/q-1;/t27-,28-,30-,31-,32-;/m0./s1. The third-order valence-electron chi connectivity index (χ3n) is 9.81. The second-order valence-corrected chi connectivity index (χ2v) is 15.7. The van der Waals surface area contributed by atoms with E-state index in [0.717, 1.165) is 11.1 Å². The molecule has 1 fully saturated rings. The summed E-state index contributed by atoms with van der Waals surface area (Å²) in [7, 11) is 4.74. The van der Waals surface area contributed by atoms with Crippen LogP contribution in [0.25, 0.3) is 0 Å². The molecule has 0 aromatic heterocycles. The number of nitrogens with zero attached hydrogens (tertiary/aromatic N) is 4. The maximum atomic E-state index is 14.3. The second-order valence-electron chi connectivity index (χ2n) is 15.7. The zero-order chi connectivity index (χ0) is 40.4. The van der Waals surface area contributed by atoms with E-state index in [9.17, 15) is 28.8 Å². The van der Waals surface area contributed by atoms with E-state index in [1.165, 1.54) is 33.7 Å². The van der Waals surface area contributed by atoms with E-state index >= 15 is 0 Å². The fraction of sp³-hybridized carbons (Fsp3) is 0.675. The first-order chi connectivity index (χ1) is 24.7. The summed E-state index contributed by atoms with van der Waals surface area (Å²) < 4.78 is 5.44. The number of likely N-dealkylation sites (N-methyl/N-ethyl adjacent to an activating group) is 4. The molecule has 1 heterocycles. The van der Waals surface area contributed by atoms with Crippen LogP contribution in [0.5, 0.6) is 0 Å². The first-order valence-corrected chi connectivity index (χ1v) is 18.9. The summed E-state index contributed by atoms with van der Waals surface area (Å²) in [4.78, 5) is 87.5. The Balaban J connectivity index is 0.0000146. The van der Waals surface area contributed by atoms with Crippen molar-refractivity contribution < 1.29 is 54.6 Å². The summed E-state index contributed by atoms with van der Waals surface area (Å²) in [5.74, 6) is -2.58. The molecule has 14 heteroatoms. The van der Waals surface area contributed by atoms with E-state index in [4.69, 9.17) is 4.74 Å². The van der Waals surface area contributed by atoms with Crippen molar-refractivity contribution in [1.29, 1.82) is 0 Å². The Morgan fingerprint density at radius 3 is 2.06 bits per heavy atom. The molecule has 2 N–H and O–H groups in total. The van der Waals surface area contributed by atoms with Crippen LogP contribution in [-0.4, -0.2) is 126 Å². The van der Waals surface area contributed by atoms with Crippen LogP contribution in [0, 0.1) is 24.8 Å². The van der Waals surface area contributed by atoms with Gasteiger partial charge >= 0.3 is 5.97 Å². The average molecular weight is 926 g/mol. The molecule has 1 aromatic carbocycles. The predicted molar refractivity (Wildman–Crippen MR) is 205 cm³/mol. The van der Waals surface area contributed by atoms with Gasteiger partial charge in [-0.05, 0) is 72.9 Å². The molecule has 1 saturated heterocycles. The minimum absolute atomic E-state index is 0. The maximum Gasteiger partial charge on any atom is 0.326 e. The van der Waals surface area contributed by atoms with Crippen molar-refractivity contribution in [3.05, 3.63) is 41.4 Å². The first-order valence-electron chi connectivity index (χ1n) is 18.9. The van der Waals surface area contributed by atoms with Crippen molar-refractivity contribution in [2.75, 3.05) is 40.8 Å². The Morgan fingerprint density at radius 2 is 1.59 bits per heavy atom. The van der Waals surface area contributed by atoms with Crippen molar-refractivity contribution in [1.82, 2.24) is 30.2 Å². The topological polar surface area (TPSA) is 149 Å². The number of amides is 5. The van der Waals surface area contributed by atoms with Crippen LogP contribution in [0.2, 0.25) is 0 Å². The summed E-state index contributed by atoms with van der Waals surface area (Å²) in [5, 5.41) is 5.88. The normalized spacial score (nSPS) is 16.1. The Bertz CT molecular complexity index is 1430. The van der Waals surface area contributed by atoms with Crippen molar-refractivity contribution in [3.8, 4) is 0 Å². The van der Waals surface area contributed by atoms with E-state index in [0.29, 0.717) is 25.8 Å². The van der Waals surface area contributed by atoms with Gasteiger partial charge in [0.1, 0.15) is 36.2 Å². The number of nitrogens with one attached hydrogen (secondary N) is 2. The third kappa shape index (κ3) is 13.4. The minimum atomic E-state index is -0.949. The Labute approximate surface area is 337 Å². The van der Waals surface area contributed by atoms with Crippen molar-refractivity contribution in [3.63, 3.8) is 0 Å². The molecule has 0 saturated carbocycles. The number of aryl methyl sites for hydroxylation is 1. The second kappa shape index (κ2) is 21.6. The number of ether oxygens (including phenoxy) is 1. The van der Waals surface area contributed by atoms with E-state index in [1.807, 2.05) is 58.9 Å². The summed E-state index contributed by atoms with van der Waals surface area (Å²) in [5.41, 5.74) is 1.16. The quantitative estimate of drug-likeness (QED) is 0.169. The van der Waals surface area contributed by atoms with Gasteiger partial charge in [0.2, 0.25) is 23.6 Å². The molecule has 54 heavy (non-hydrogen) atoms. The van der Waals surface area contributed by atoms with Crippen LogP contribution < -0.4 is 10.6 Å². The van der Waals surface area contributed by atoms with Crippen LogP contribution >= 0.6 is 0 Å². The number of likely N-dealkylation sites (tertiary alicyclic amines) is 1. The SMILES string of the molecule is CC[C@H](C)[C-](NC(=O)[C@H](CC(C)C)NC)C(=O)N(C)[C@@H](C)C(=O)N1CC[C@H]1C(=O)N(CC)[C@@H](Cc1ccc(C)cc1)C(=O)N(C)CC(=O)OC(C)(C)C.[W]. The van der Waals surface area contributed by atoms with Crippen LogP contribution in [0.1, 0.15) is 92.7 Å². The molecule has 1 aliphatic rings. The summed E-state index contributed by atoms with van der Waals surface area (Å²) in [6.07, 6.45) is 1.78. The zero-order valence-electron chi connectivity index (χ0n) is 34.8. The molecule has 5 amide bonds. The largest absolute Gasteiger partial charge is 0.477 e. The van der Waals surface area contributed by atoms with E-state index in [2.05, 4.69) is 10.6 Å². The molecular weight excluding hydrogens is 860 g/mol. The van der Waals surface area contributed by atoms with Crippen molar-refractivity contribution in [2.24, 2.45) is 11.8 Å². The van der Waals surface area contributed by atoms with Crippen LogP contribution in [0.15, 0.2) is 24.3 Å². The number of benzene rings is 1. The Kier molecular flexibility index (Phi) is 19.4. The van der Waals surface area contributed by atoms with E-state index < -0.39 is 53.5 Å². The van der Waals surface area contributed by atoms with Gasteiger partial charge in [0.25, 0.3) is 0 Å². The number of carbonyl (C=O) groups excluding carboxylic acids is 6. The monoisotopic (exact) mass is 925 g/mol. The maximum absolute atomic E-state index is 14.3. The molecule has 304 valence electrons. The summed E-state index contributed by atoms with van der Waals surface area (Å²) >= 11 is 0. The van der Waals surface area contributed by atoms with Crippen molar-refractivity contribution >= 4 is 35.5 Å². The molecule has 13 nitrogen and oxygen atoms in total. The number of esters is 1. The number of hydrogen-bond donors (Lipinski definition) is 2. The molecular formula is C40H65N6O7W-. The minimum Gasteiger partial charge on any atom is -0.477 e. The smallest absolute Gasteiger partial charge is 0.326 e. The average Bonchev–Trinajstić information content (AvgIpc) is 3.06. The molecule has 1 aromatic rings. The molecule has 1 aliphatic heterocycles. The van der Waals surface area contributed by atoms with Gasteiger partial charge in [0.05, 0.1) is 6.04 Å². The van der Waals surface area contributed by atoms with Crippen LogP contribution in [0.3, 0.4) is 0 Å². The molecule has 0 radical (unpaired) electrons. The first kappa shape index (κ1) is 48.6. The van der Waals surface area contributed by atoms with Gasteiger partial charge in [-0.3, -0.25) is 24.0 Å². The third-order valence-corrected chi connectivity index (χ3v) is 9.81. The van der Waals surface area contributed by atoms with Crippen LogP contribution in [-0.2, 0) is 61.0 Å². The van der Waals surface area contributed by atoms with Gasteiger partial charge in [0, 0.05) is 54.7 Å². The molecule has 0 aliphatic carbocycles. The van der Waals surface area contributed by atoms with Crippen LogP contribution in [0.4, 0.5) is 0 Å². The van der Waals surface area contributed by atoms with Gasteiger partial charge in [0.15, 0.2) is 0 Å². The Hall–Kier alpha value is -3.44. The van der Waals surface area contributed by atoms with Gasteiger partial charge < -0.3 is 39.8 Å². The Morgan fingerprint density at radius 1 is 1.00 bits per heavy atom. The molecule has 2 rings (SSSR count). The van der Waals surface area contributed by atoms with Gasteiger partial charge in [-0.2, -0.15) is 0 Å². The molecule has 5 atom stereocenters. The van der Waals surface area contributed by atoms with Gasteiger partial charge in [-0.25, -0.2) is 6.04 Å². The summed E-state index contributed by atoms with van der Waals surface area (Å²) in [6.45, 7) is 18.6. The predicted octanol–water partition coefficient (Wildman–Crippen LogP) is 3.33. The number of rotatable bonds is 18. The zero-order valence-corrected chi connectivity index (χ0v) is 37.7. The van der Waals surface area contributed by atoms with Crippen molar-refractivity contribution in [2.45, 2.75) is 125 Å². The summed E-state index contributed by atoms with van der Waals surface area (Å²) in [6, 6.07) is 4.70. The fourth-order valence-electron chi connectivity index (χ4n) is 6.22. The van der Waals surface area contributed by atoms with E-state index in [-0.39, 0.29) is 70.3 Å². The number of hydrogen-bond acceptors (Lipinski definition) is 8. The van der Waals surface area contributed by atoms with Gasteiger partial charge in [-0.15, -0.1) is 5.92 Å². The molecule has 0 unspecified atom stereocenters. The number of carbonyl (C=O) groups is 6. The van der Waals surface area contributed by atoms with E-state index in [1.54, 1.807) is 41.7 Å². The van der Waals surface area contributed by atoms with Gasteiger partial charge in [-0.1, -0.05) is 63.9 Å². The molecule has 0 bridgehead atoms. The fourth-order valence-corrected chi connectivity index (χ4v) is 6.22.